The minimum Gasteiger partial charge on any atom is -0.465 e. The minimum absolute atomic E-state index is 0.0122. The molecule has 1 atom stereocenters. The van der Waals surface area contributed by atoms with Gasteiger partial charge in [0.15, 0.2) is 11.7 Å². The number of allylic oxidation sites excluding steroid dienone is 1. The summed E-state index contributed by atoms with van der Waals surface area (Å²) in [6.07, 6.45) is 6.14. The van der Waals surface area contributed by atoms with E-state index >= 15 is 0 Å². The molecule has 90 heavy (non-hydrogen) atoms. The molecule has 0 bridgehead atoms. The average Bonchev–Trinajstić information content (AvgIpc) is 1.64. The number of hydrogen-bond acceptors (Lipinski definition) is 23. The Hall–Kier alpha value is -8.28. The van der Waals surface area contributed by atoms with Crippen LogP contribution in [0.25, 0.3) is 0 Å². The highest BCUT2D eigenvalue weighted by Gasteiger charge is 2.39. The van der Waals surface area contributed by atoms with Crippen LogP contribution in [0, 0.1) is 63.1 Å². The van der Waals surface area contributed by atoms with Crippen molar-refractivity contribution < 1.29 is 90.6 Å². The van der Waals surface area contributed by atoms with E-state index in [9.17, 15) is 58.5 Å². The molecular weight excluding hydrogens is 1200 g/mol. The Balaban J connectivity index is 0.888. The van der Waals surface area contributed by atoms with Crippen LogP contribution in [0.5, 0.6) is 23.0 Å². The summed E-state index contributed by atoms with van der Waals surface area (Å²) in [6, 6.07) is 20.6. The molecule has 0 N–H and O–H groups in total. The van der Waals surface area contributed by atoms with Crippen molar-refractivity contribution in [1.29, 1.82) is 10.5 Å². The van der Waals surface area contributed by atoms with Gasteiger partial charge < -0.3 is 42.6 Å². The molecule has 3 aliphatic rings. The molecule has 0 radical (unpaired) electrons. The molecule has 2 saturated carbocycles. The van der Waals surface area contributed by atoms with E-state index in [0.29, 0.717) is 98.3 Å². The number of benzene rings is 3. The number of hydrogen-bond donors (Lipinski definition) is 0. The molecule has 0 saturated heterocycles. The van der Waals surface area contributed by atoms with Gasteiger partial charge in [0.25, 0.3) is 0 Å². The highest BCUT2D eigenvalue weighted by molar-refractivity contribution is 8.19. The number of ketones is 1. The van der Waals surface area contributed by atoms with Gasteiger partial charge >= 0.3 is 53.7 Å². The summed E-state index contributed by atoms with van der Waals surface area (Å²) < 4.78 is 48.8. The number of nitriles is 2. The fraction of sp³-hybridized carbons (Fsp3) is 0.493. The molecule has 0 amide bonds. The molecule has 2 fully saturated rings. The molecule has 21 nitrogen and oxygen atoms in total. The maximum absolute atomic E-state index is 13.7. The molecule has 3 aromatic rings. The lowest BCUT2D eigenvalue weighted by molar-refractivity contribution is -0.154. The third-order valence-electron chi connectivity index (χ3n) is 15.2. The van der Waals surface area contributed by atoms with Gasteiger partial charge in [-0.2, -0.15) is 10.5 Å². The Labute approximate surface area is 532 Å². The zero-order valence-electron chi connectivity index (χ0n) is 51.1. The van der Waals surface area contributed by atoms with Gasteiger partial charge in [-0.15, -0.1) is 23.5 Å². The van der Waals surface area contributed by atoms with Crippen molar-refractivity contribution >= 4 is 83.0 Å². The van der Waals surface area contributed by atoms with E-state index in [-0.39, 0.29) is 76.0 Å². The summed E-state index contributed by atoms with van der Waals surface area (Å²) in [5.41, 5.74) is 0.594. The summed E-state index contributed by atoms with van der Waals surface area (Å²) in [7, 11) is 0. The molecule has 23 heteroatoms. The Kier molecular flexibility index (Phi) is 27.2. The second-order valence-corrected chi connectivity index (χ2v) is 26.3. The van der Waals surface area contributed by atoms with Crippen LogP contribution in [0.4, 0.5) is 0 Å². The van der Waals surface area contributed by atoms with E-state index in [1.807, 2.05) is 26.0 Å². The van der Waals surface area contributed by atoms with Crippen molar-refractivity contribution in [1.82, 2.24) is 0 Å². The number of esters is 9. The summed E-state index contributed by atoms with van der Waals surface area (Å²) in [6.45, 7) is 14.3. The van der Waals surface area contributed by atoms with E-state index in [0.717, 1.165) is 17.2 Å². The Morgan fingerprint density at radius 3 is 1.21 bits per heavy atom. The maximum atomic E-state index is 13.7. The molecule has 0 spiro atoms. The topological polar surface area (TPSA) is 301 Å². The number of nitrogens with zero attached hydrogens (tertiary/aromatic N) is 2. The normalized spacial score (nSPS) is 17.7. The highest BCUT2D eigenvalue weighted by atomic mass is 32.2. The van der Waals surface area contributed by atoms with Crippen LogP contribution in [-0.4, -0.2) is 97.1 Å². The van der Waals surface area contributed by atoms with Crippen LogP contribution < -0.4 is 18.9 Å². The Bertz CT molecular complexity index is 2970. The minimum atomic E-state index is -1.04. The largest absolute Gasteiger partial charge is 0.465 e. The lowest BCUT2D eigenvalue weighted by Gasteiger charge is -2.26. The molecule has 2 aliphatic carbocycles. The fourth-order valence-corrected chi connectivity index (χ4v) is 12.5. The van der Waals surface area contributed by atoms with E-state index in [1.165, 1.54) is 41.7 Å². The predicted octanol–water partition coefficient (Wildman–Crippen LogP) is 10.6. The molecule has 3 aromatic carbocycles. The standard InChI is InChI=1S/C67H76N2O19S2/c1-7-49(70)31-34-66(3,4)39-83-57(74)29-27-55(72)80-35-32-42-9-21-50(22-10-42)85-61(76)44-13-17-46(18-14-44)63(78)87-52-25-26-53(60-59(52)89-65(90-60)48(37-68)38-69)88-64(79)47-19-15-45(16-20-47)62(77)86-51-23-11-43(12-24-51)33-36-81-56(73)28-30-58(75)84-41-67(5,6)40-82-54(71)8-2/h7-12,21-26,44-48,65H,1-2,13-20,27-36,39-41H2,3-6H3. The van der Waals surface area contributed by atoms with Gasteiger partial charge in [0, 0.05) is 30.8 Å². The first-order valence-electron chi connectivity index (χ1n) is 29.9. The molecule has 6 rings (SSSR count). The molecule has 1 aliphatic heterocycles. The first-order chi connectivity index (χ1) is 43.0. The number of rotatable bonds is 32. The van der Waals surface area contributed by atoms with Crippen molar-refractivity contribution in [2.24, 2.45) is 40.4 Å². The van der Waals surface area contributed by atoms with Gasteiger partial charge in [-0.1, -0.05) is 65.1 Å². The Morgan fingerprint density at radius 2 is 0.844 bits per heavy atom. The van der Waals surface area contributed by atoms with Crippen molar-refractivity contribution in [2.75, 3.05) is 33.0 Å². The molecular formula is C67H76N2O19S2. The number of fused-ring (bicyclic) bond motifs is 1. The van der Waals surface area contributed by atoms with E-state index in [1.54, 1.807) is 62.4 Å². The van der Waals surface area contributed by atoms with Crippen LogP contribution in [0.2, 0.25) is 0 Å². The van der Waals surface area contributed by atoms with E-state index in [4.69, 9.17) is 42.6 Å². The fourth-order valence-electron chi connectivity index (χ4n) is 9.63. The number of carbonyl (C=O) groups is 10. The summed E-state index contributed by atoms with van der Waals surface area (Å²) >= 11 is 2.34. The monoisotopic (exact) mass is 1280 g/mol. The summed E-state index contributed by atoms with van der Waals surface area (Å²) in [5.74, 6) is -6.84. The second-order valence-electron chi connectivity index (χ2n) is 23.7. The van der Waals surface area contributed by atoms with Crippen molar-refractivity contribution in [3.8, 4) is 35.1 Å². The Morgan fingerprint density at radius 1 is 0.489 bits per heavy atom. The van der Waals surface area contributed by atoms with Gasteiger partial charge in [-0.05, 0) is 117 Å². The van der Waals surface area contributed by atoms with Crippen molar-refractivity contribution in [3.63, 3.8) is 0 Å². The van der Waals surface area contributed by atoms with Crippen LogP contribution in [0.15, 0.2) is 95.8 Å². The zero-order valence-corrected chi connectivity index (χ0v) is 52.8. The summed E-state index contributed by atoms with van der Waals surface area (Å²) in [4.78, 5) is 127. The predicted molar refractivity (Wildman–Crippen MR) is 326 cm³/mol. The smallest absolute Gasteiger partial charge is 0.330 e. The van der Waals surface area contributed by atoms with Gasteiger partial charge in [-0.25, -0.2) is 4.79 Å². The third kappa shape index (κ3) is 22.9. The molecule has 1 heterocycles. The average molecular weight is 1280 g/mol. The van der Waals surface area contributed by atoms with Crippen molar-refractivity contribution in [2.45, 2.75) is 145 Å². The van der Waals surface area contributed by atoms with Crippen LogP contribution in [0.3, 0.4) is 0 Å². The number of carbonyl (C=O) groups excluding carboxylic acids is 10. The molecule has 480 valence electrons. The van der Waals surface area contributed by atoms with Gasteiger partial charge in [0.1, 0.15) is 23.0 Å². The quantitative estimate of drug-likeness (QED) is 0.0243. The number of thioether (sulfide) groups is 2. The zero-order chi connectivity index (χ0) is 65.4. The lowest BCUT2D eigenvalue weighted by Crippen LogP contribution is -2.30. The number of ether oxygens (including phenoxy) is 9. The maximum Gasteiger partial charge on any atom is 0.330 e. The SMILES string of the molecule is C=CC(=O)CCC(C)(C)COC(=O)CCC(=O)OCCc1ccc(OC(=O)C2CCC(C(=O)Oc3ccc(OC(=O)C4CCC(C(=O)Oc5ccc(CCOC(=O)CCC(=O)OCC(C)(C)COC(=O)C=C)cc5)CC4)c4c3SC(C(C#N)C#N)S4)CC2)cc1. The highest BCUT2D eigenvalue weighted by Crippen LogP contribution is 2.58. The van der Waals surface area contributed by atoms with Gasteiger partial charge in [0.2, 0.25) is 0 Å². The van der Waals surface area contributed by atoms with Gasteiger partial charge in [0.05, 0.1) is 109 Å². The molecule has 0 aromatic heterocycles. The first kappa shape index (κ1) is 70.8. The van der Waals surface area contributed by atoms with Crippen molar-refractivity contribution in [3.05, 3.63) is 97.1 Å². The van der Waals surface area contributed by atoms with Crippen LogP contribution >= 0.6 is 23.5 Å². The van der Waals surface area contributed by atoms with E-state index in [2.05, 4.69) is 13.2 Å². The lowest BCUT2D eigenvalue weighted by atomic mass is 9.82. The van der Waals surface area contributed by atoms with E-state index < -0.39 is 98.7 Å². The third-order valence-corrected chi connectivity index (χ3v) is 18.2. The second kappa shape index (κ2) is 34.6. The molecule has 1 unspecified atom stereocenters. The first-order valence-corrected chi connectivity index (χ1v) is 31.6. The van der Waals surface area contributed by atoms with Crippen LogP contribution in [0.1, 0.15) is 129 Å². The summed E-state index contributed by atoms with van der Waals surface area (Å²) in [5, 5.41) is 19.6. The van der Waals surface area contributed by atoms with Gasteiger partial charge in [-0.3, -0.25) is 43.2 Å². The van der Waals surface area contributed by atoms with Crippen LogP contribution in [-0.2, 0) is 84.5 Å².